The Balaban J connectivity index is 0.00000392. The zero-order valence-electron chi connectivity index (χ0n) is 16.1. The van der Waals surface area contributed by atoms with Crippen molar-refractivity contribution in [3.63, 3.8) is 0 Å². The van der Waals surface area contributed by atoms with Gasteiger partial charge in [-0.05, 0) is 13.8 Å². The summed E-state index contributed by atoms with van der Waals surface area (Å²) in [5.74, 6) is 0. The molecular formula is C16H34ClN3O8. The van der Waals surface area contributed by atoms with Crippen molar-refractivity contribution in [1.82, 2.24) is 10.6 Å². The van der Waals surface area contributed by atoms with Crippen LogP contribution in [-0.4, -0.2) is 118 Å². The van der Waals surface area contributed by atoms with E-state index in [1.807, 2.05) is 5.32 Å². The fraction of sp³-hybridized carbons (Fsp3) is 1.00. The summed E-state index contributed by atoms with van der Waals surface area (Å²) in [6.45, 7) is 5.64. The number of halogens is 1. The van der Waals surface area contributed by atoms with Gasteiger partial charge in [0.2, 0.25) is 0 Å². The number of aliphatic hydroxyl groups excluding tert-OH is 6. The quantitative estimate of drug-likeness (QED) is 0.167. The van der Waals surface area contributed by atoms with Crippen LogP contribution in [0.1, 0.15) is 13.8 Å². The highest BCUT2D eigenvalue weighted by molar-refractivity contribution is 4.90. The molecule has 0 radical (unpaired) electrons. The van der Waals surface area contributed by atoms with Gasteiger partial charge < -0.3 is 57.8 Å². The molecule has 0 spiro atoms. The first kappa shape index (κ1) is 25.9. The van der Waals surface area contributed by atoms with E-state index in [0.29, 0.717) is 26.2 Å². The zero-order chi connectivity index (χ0) is 20.1. The Morgan fingerprint density at radius 3 is 1.36 bits per heavy atom. The smallest absolute Gasteiger partial charge is 0.137 e. The molecule has 2 fully saturated rings. The van der Waals surface area contributed by atoms with E-state index >= 15 is 0 Å². The van der Waals surface area contributed by atoms with Gasteiger partial charge in [0.05, 0.1) is 25.3 Å². The lowest BCUT2D eigenvalue weighted by Gasteiger charge is -2.39. The molecule has 0 amide bonds. The summed E-state index contributed by atoms with van der Waals surface area (Å²) in [4.78, 5) is 0. The number of hydrogen-bond donors (Lipinski definition) is 9. The zero-order valence-corrected chi connectivity index (χ0v) is 16.8. The molecule has 0 aromatic rings. The predicted molar refractivity (Wildman–Crippen MR) is 92.4 cm³/mol. The topological polar surface area (TPSA) is 181 Å². The van der Waals surface area contributed by atoms with Crippen molar-refractivity contribution in [2.75, 3.05) is 26.2 Å². The van der Waals surface area contributed by atoms with Crippen molar-refractivity contribution < 1.29 is 57.8 Å². The second-order valence-electron chi connectivity index (χ2n) is 7.24. The minimum absolute atomic E-state index is 0. The second-order valence-corrected chi connectivity index (χ2v) is 7.24. The van der Waals surface area contributed by atoms with Crippen LogP contribution in [0.25, 0.3) is 0 Å². The molecule has 10 N–H and O–H groups in total. The molecule has 11 nitrogen and oxygen atoms in total. The maximum atomic E-state index is 9.90. The lowest BCUT2D eigenvalue weighted by molar-refractivity contribution is -0.651. The minimum Gasteiger partial charge on any atom is -1.00 e. The predicted octanol–water partition coefficient (Wildman–Crippen LogP) is -8.61. The molecule has 0 unspecified atom stereocenters. The van der Waals surface area contributed by atoms with Gasteiger partial charge in [0.25, 0.3) is 0 Å². The van der Waals surface area contributed by atoms with Crippen LogP contribution in [0.4, 0.5) is 0 Å². The van der Waals surface area contributed by atoms with E-state index < -0.39 is 61.3 Å². The Bertz CT molecular complexity index is 416. The van der Waals surface area contributed by atoms with Gasteiger partial charge in [-0.3, -0.25) is 10.6 Å². The van der Waals surface area contributed by atoms with Crippen molar-refractivity contribution in [3.05, 3.63) is 0 Å². The summed E-state index contributed by atoms with van der Waals surface area (Å²) in [5, 5.41) is 66.6. The molecule has 12 heteroatoms. The average molecular weight is 432 g/mol. The van der Waals surface area contributed by atoms with E-state index in [1.165, 1.54) is 0 Å². The van der Waals surface area contributed by atoms with Crippen LogP contribution in [0.15, 0.2) is 0 Å². The van der Waals surface area contributed by atoms with Crippen molar-refractivity contribution in [3.8, 4) is 0 Å². The first-order valence-corrected chi connectivity index (χ1v) is 9.41. The highest BCUT2D eigenvalue weighted by Gasteiger charge is 2.42. The lowest BCUT2D eigenvalue weighted by atomic mass is 9.99. The Morgan fingerprint density at radius 1 is 0.643 bits per heavy atom. The largest absolute Gasteiger partial charge is 1.00 e. The van der Waals surface area contributed by atoms with E-state index in [-0.39, 0.29) is 12.4 Å². The van der Waals surface area contributed by atoms with E-state index in [1.54, 1.807) is 13.8 Å². The van der Waals surface area contributed by atoms with Crippen LogP contribution in [-0.2, 0) is 9.47 Å². The molecule has 2 heterocycles. The van der Waals surface area contributed by atoms with E-state index in [4.69, 9.17) is 9.47 Å². The van der Waals surface area contributed by atoms with Crippen LogP contribution in [0.5, 0.6) is 0 Å². The molecular weight excluding hydrogens is 398 g/mol. The maximum absolute atomic E-state index is 9.90. The summed E-state index contributed by atoms with van der Waals surface area (Å²) in [6, 6.07) is 0. The van der Waals surface area contributed by atoms with Gasteiger partial charge in [0.15, 0.2) is 0 Å². The van der Waals surface area contributed by atoms with Gasteiger partial charge in [-0.25, -0.2) is 0 Å². The number of hydrogen-bond acceptors (Lipinski definition) is 10. The SMILES string of the molecule is C[C@@H]1O[C@@H](NCC[NH2+]CCN[C@@H]2O[C@@H](C)[C@@H](O)[C@@H](O)[C@@H]2O)[C@@H](O)[C@H](O)[C@@H]1O.[Cl-]. The van der Waals surface area contributed by atoms with Crippen molar-refractivity contribution in [2.45, 2.75) is 75.1 Å². The molecule has 0 aliphatic carbocycles. The van der Waals surface area contributed by atoms with Gasteiger partial charge >= 0.3 is 0 Å². The number of ether oxygens (including phenoxy) is 2. The minimum atomic E-state index is -1.25. The van der Waals surface area contributed by atoms with Crippen LogP contribution in [0.3, 0.4) is 0 Å². The van der Waals surface area contributed by atoms with Crippen LogP contribution in [0.2, 0.25) is 0 Å². The molecule has 0 bridgehead atoms. The fourth-order valence-corrected chi connectivity index (χ4v) is 3.24. The first-order valence-electron chi connectivity index (χ1n) is 9.41. The van der Waals surface area contributed by atoms with Crippen LogP contribution < -0.4 is 28.4 Å². The van der Waals surface area contributed by atoms with E-state index in [0.717, 1.165) is 0 Å². The molecule has 28 heavy (non-hydrogen) atoms. The highest BCUT2D eigenvalue weighted by atomic mass is 35.5. The molecule has 0 saturated carbocycles. The Labute approximate surface area is 170 Å². The molecule has 2 saturated heterocycles. The number of nitrogens with two attached hydrogens (primary N) is 1. The summed E-state index contributed by atoms with van der Waals surface area (Å²) in [5.41, 5.74) is 0. The third-order valence-electron chi connectivity index (χ3n) is 5.09. The Hall–Kier alpha value is -0.150. The summed E-state index contributed by atoms with van der Waals surface area (Å²) < 4.78 is 10.9. The standard InChI is InChI=1S/C16H33N3O8.ClH/c1-7-9(20)11(22)13(24)15(26-7)18-5-3-17-4-6-19-16-14(25)12(23)10(21)8(2)27-16;/h7-25H,3-6H2,1-2H3;1H/t7-,8-,9+,10+,11+,12+,13-,14-,15+,16+;/m0./s1. The van der Waals surface area contributed by atoms with Crippen molar-refractivity contribution in [1.29, 1.82) is 0 Å². The van der Waals surface area contributed by atoms with Gasteiger partial charge in [0, 0.05) is 13.1 Å². The lowest BCUT2D eigenvalue weighted by Crippen LogP contribution is -3.00. The summed E-state index contributed by atoms with van der Waals surface area (Å²) in [6.07, 6.45) is -9.78. The molecule has 2 rings (SSSR count). The third-order valence-corrected chi connectivity index (χ3v) is 5.09. The number of rotatable bonds is 8. The van der Waals surface area contributed by atoms with E-state index in [9.17, 15) is 30.6 Å². The normalized spacial score (nSPS) is 44.1. The van der Waals surface area contributed by atoms with Gasteiger partial charge in [-0.2, -0.15) is 0 Å². The van der Waals surface area contributed by atoms with Gasteiger partial charge in [-0.15, -0.1) is 0 Å². The fourth-order valence-electron chi connectivity index (χ4n) is 3.24. The monoisotopic (exact) mass is 431 g/mol. The average Bonchev–Trinajstić information content (AvgIpc) is 2.65. The third kappa shape index (κ3) is 6.42. The Morgan fingerprint density at radius 2 is 1.00 bits per heavy atom. The summed E-state index contributed by atoms with van der Waals surface area (Å²) >= 11 is 0. The van der Waals surface area contributed by atoms with Gasteiger partial charge in [-0.1, -0.05) is 0 Å². The number of aliphatic hydroxyl groups is 6. The molecule has 168 valence electrons. The molecule has 0 aromatic carbocycles. The summed E-state index contributed by atoms with van der Waals surface area (Å²) in [7, 11) is 0. The van der Waals surface area contributed by atoms with Crippen molar-refractivity contribution in [2.24, 2.45) is 0 Å². The molecule has 2 aliphatic rings. The second kappa shape index (κ2) is 11.9. The number of nitrogens with one attached hydrogen (secondary N) is 2. The molecule has 0 aromatic heterocycles. The Kier molecular flexibility index (Phi) is 11.0. The highest BCUT2D eigenvalue weighted by Crippen LogP contribution is 2.20. The maximum Gasteiger partial charge on any atom is 0.137 e. The van der Waals surface area contributed by atoms with Crippen LogP contribution in [0, 0.1) is 0 Å². The van der Waals surface area contributed by atoms with Crippen molar-refractivity contribution >= 4 is 0 Å². The molecule has 2 aliphatic heterocycles. The number of quaternary nitrogens is 1. The van der Waals surface area contributed by atoms with Gasteiger partial charge in [0.1, 0.15) is 49.1 Å². The van der Waals surface area contributed by atoms with E-state index in [2.05, 4.69) is 10.6 Å². The van der Waals surface area contributed by atoms with Crippen LogP contribution >= 0.6 is 0 Å². The first-order chi connectivity index (χ1) is 12.7. The molecule has 10 atom stereocenters.